The van der Waals surface area contributed by atoms with E-state index >= 15 is 0 Å². The zero-order chi connectivity index (χ0) is 15.0. The van der Waals surface area contributed by atoms with Crippen molar-refractivity contribution >= 4 is 27.3 Å². The minimum Gasteiger partial charge on any atom is -0.496 e. The smallest absolute Gasteiger partial charge is 0.125 e. The van der Waals surface area contributed by atoms with Crippen LogP contribution in [0.2, 0.25) is 0 Å². The van der Waals surface area contributed by atoms with Gasteiger partial charge in [-0.25, -0.2) is 0 Å². The SMILES string of the molecule is COc1cc2c(cc1C(O)Cc1cc(Br)cs1)OC(C)C2. The Morgan fingerprint density at radius 2 is 2.29 bits per heavy atom. The maximum absolute atomic E-state index is 10.5. The predicted octanol–water partition coefficient (Wildman–Crippen LogP) is 4.12. The number of thiophene rings is 1. The van der Waals surface area contributed by atoms with E-state index < -0.39 is 6.10 Å². The minimum atomic E-state index is -0.602. The largest absolute Gasteiger partial charge is 0.496 e. The maximum Gasteiger partial charge on any atom is 0.125 e. The molecular weight excluding hydrogens is 352 g/mol. The van der Waals surface area contributed by atoms with Crippen LogP contribution in [0.3, 0.4) is 0 Å². The highest BCUT2D eigenvalue weighted by atomic mass is 79.9. The molecule has 1 aliphatic heterocycles. The average molecular weight is 369 g/mol. The second-order valence-electron chi connectivity index (χ2n) is 5.29. The van der Waals surface area contributed by atoms with Gasteiger partial charge < -0.3 is 14.6 Å². The summed E-state index contributed by atoms with van der Waals surface area (Å²) in [7, 11) is 1.64. The first-order valence-corrected chi connectivity index (χ1v) is 8.52. The van der Waals surface area contributed by atoms with E-state index in [4.69, 9.17) is 9.47 Å². The fraction of sp³-hybridized carbons (Fsp3) is 0.375. The summed E-state index contributed by atoms with van der Waals surface area (Å²) in [5.41, 5.74) is 1.93. The second kappa shape index (κ2) is 5.99. The highest BCUT2D eigenvalue weighted by molar-refractivity contribution is 9.10. The van der Waals surface area contributed by atoms with E-state index in [0.717, 1.165) is 38.4 Å². The van der Waals surface area contributed by atoms with Crippen LogP contribution in [0.1, 0.15) is 29.0 Å². The summed E-state index contributed by atoms with van der Waals surface area (Å²) in [6, 6.07) is 5.94. The molecule has 0 radical (unpaired) electrons. The molecule has 0 fully saturated rings. The third-order valence-electron chi connectivity index (χ3n) is 3.62. The number of ether oxygens (including phenoxy) is 2. The Morgan fingerprint density at radius 1 is 1.48 bits per heavy atom. The molecule has 0 spiro atoms. The van der Waals surface area contributed by atoms with Gasteiger partial charge in [0, 0.05) is 38.7 Å². The highest BCUT2D eigenvalue weighted by Gasteiger charge is 2.24. The summed E-state index contributed by atoms with van der Waals surface area (Å²) in [5, 5.41) is 12.6. The Hall–Kier alpha value is -1.04. The molecule has 1 aromatic heterocycles. The molecule has 0 saturated carbocycles. The number of aliphatic hydroxyl groups excluding tert-OH is 1. The zero-order valence-electron chi connectivity index (χ0n) is 11.9. The molecule has 0 saturated heterocycles. The second-order valence-corrected chi connectivity index (χ2v) is 7.20. The normalized spacial score (nSPS) is 18.2. The van der Waals surface area contributed by atoms with Gasteiger partial charge in [-0.1, -0.05) is 0 Å². The molecule has 112 valence electrons. The number of hydrogen-bond donors (Lipinski definition) is 1. The van der Waals surface area contributed by atoms with Crippen LogP contribution in [-0.2, 0) is 12.8 Å². The lowest BCUT2D eigenvalue weighted by atomic mass is 10.0. The van der Waals surface area contributed by atoms with Crippen LogP contribution in [0.4, 0.5) is 0 Å². The molecule has 0 aliphatic carbocycles. The molecule has 0 bridgehead atoms. The number of benzene rings is 1. The Morgan fingerprint density at radius 3 is 2.95 bits per heavy atom. The first kappa shape index (κ1) is 14.9. The van der Waals surface area contributed by atoms with Crippen molar-refractivity contribution in [2.75, 3.05) is 7.11 Å². The van der Waals surface area contributed by atoms with E-state index in [0.29, 0.717) is 6.42 Å². The van der Waals surface area contributed by atoms with Crippen molar-refractivity contribution in [1.82, 2.24) is 0 Å². The van der Waals surface area contributed by atoms with E-state index in [9.17, 15) is 5.11 Å². The molecule has 2 unspecified atom stereocenters. The van der Waals surface area contributed by atoms with Gasteiger partial charge in [-0.3, -0.25) is 0 Å². The van der Waals surface area contributed by atoms with Crippen molar-refractivity contribution in [2.45, 2.75) is 32.0 Å². The summed E-state index contributed by atoms with van der Waals surface area (Å²) < 4.78 is 12.3. The maximum atomic E-state index is 10.5. The van der Waals surface area contributed by atoms with E-state index in [1.165, 1.54) is 0 Å². The van der Waals surface area contributed by atoms with E-state index in [-0.39, 0.29) is 6.10 Å². The molecule has 1 aliphatic rings. The Kier molecular flexibility index (Phi) is 4.24. The molecule has 21 heavy (non-hydrogen) atoms. The van der Waals surface area contributed by atoms with Crippen molar-refractivity contribution in [3.63, 3.8) is 0 Å². The van der Waals surface area contributed by atoms with Gasteiger partial charge in [0.15, 0.2) is 0 Å². The Labute approximate surface area is 136 Å². The van der Waals surface area contributed by atoms with Crippen LogP contribution in [-0.4, -0.2) is 18.3 Å². The summed E-state index contributed by atoms with van der Waals surface area (Å²) in [6.07, 6.45) is 1.04. The molecule has 1 N–H and O–H groups in total. The monoisotopic (exact) mass is 368 g/mol. The van der Waals surface area contributed by atoms with E-state index in [2.05, 4.69) is 15.9 Å². The third kappa shape index (κ3) is 3.10. The predicted molar refractivity (Wildman–Crippen MR) is 87.5 cm³/mol. The lowest BCUT2D eigenvalue weighted by molar-refractivity contribution is 0.174. The van der Waals surface area contributed by atoms with Crippen molar-refractivity contribution in [3.8, 4) is 11.5 Å². The quantitative estimate of drug-likeness (QED) is 0.881. The van der Waals surface area contributed by atoms with Crippen LogP contribution >= 0.6 is 27.3 Å². The van der Waals surface area contributed by atoms with Crippen molar-refractivity contribution in [1.29, 1.82) is 0 Å². The van der Waals surface area contributed by atoms with E-state index in [1.807, 2.05) is 30.5 Å². The topological polar surface area (TPSA) is 38.7 Å². The van der Waals surface area contributed by atoms with Crippen LogP contribution in [0.25, 0.3) is 0 Å². The van der Waals surface area contributed by atoms with Gasteiger partial charge in [0.05, 0.1) is 13.2 Å². The van der Waals surface area contributed by atoms with Crippen LogP contribution < -0.4 is 9.47 Å². The van der Waals surface area contributed by atoms with Gasteiger partial charge in [-0.2, -0.15) is 0 Å². The van der Waals surface area contributed by atoms with Gasteiger partial charge in [-0.15, -0.1) is 11.3 Å². The standard InChI is InChI=1S/C16H17BrO3S/c1-9-3-10-4-16(19-2)13(7-15(10)20-9)14(18)6-12-5-11(17)8-21-12/h4-5,7-9,14,18H,3,6H2,1-2H3. The van der Waals surface area contributed by atoms with Crippen molar-refractivity contribution < 1.29 is 14.6 Å². The van der Waals surface area contributed by atoms with Gasteiger partial charge in [0.1, 0.15) is 17.6 Å². The first-order valence-electron chi connectivity index (χ1n) is 6.85. The summed E-state index contributed by atoms with van der Waals surface area (Å²) >= 11 is 5.07. The molecule has 2 heterocycles. The lowest BCUT2D eigenvalue weighted by Gasteiger charge is -2.16. The van der Waals surface area contributed by atoms with Crippen molar-refractivity contribution in [2.24, 2.45) is 0 Å². The molecule has 5 heteroatoms. The fourth-order valence-electron chi connectivity index (χ4n) is 2.65. The molecule has 3 nitrogen and oxygen atoms in total. The van der Waals surface area contributed by atoms with Crippen LogP contribution in [0, 0.1) is 0 Å². The first-order chi connectivity index (χ1) is 10.1. The number of aliphatic hydroxyl groups is 1. The average Bonchev–Trinajstić information content (AvgIpc) is 3.01. The number of methoxy groups -OCH3 is 1. The zero-order valence-corrected chi connectivity index (χ0v) is 14.3. The number of fused-ring (bicyclic) bond motifs is 1. The molecule has 2 atom stereocenters. The number of rotatable bonds is 4. The number of halogens is 1. The number of hydrogen-bond acceptors (Lipinski definition) is 4. The molecular formula is C16H17BrO3S. The van der Waals surface area contributed by atoms with Gasteiger partial charge >= 0.3 is 0 Å². The van der Waals surface area contributed by atoms with Gasteiger partial charge in [0.2, 0.25) is 0 Å². The Balaban J connectivity index is 1.88. The van der Waals surface area contributed by atoms with E-state index in [1.54, 1.807) is 18.4 Å². The summed E-state index contributed by atoms with van der Waals surface area (Å²) in [5.74, 6) is 1.60. The van der Waals surface area contributed by atoms with Crippen LogP contribution in [0.5, 0.6) is 11.5 Å². The summed E-state index contributed by atoms with van der Waals surface area (Å²) in [4.78, 5) is 1.13. The molecule has 0 amide bonds. The molecule has 2 aromatic rings. The van der Waals surface area contributed by atoms with Gasteiger partial charge in [-0.05, 0) is 41.1 Å². The molecule has 1 aromatic carbocycles. The molecule has 3 rings (SSSR count). The summed E-state index contributed by atoms with van der Waals surface area (Å²) in [6.45, 7) is 2.05. The minimum absolute atomic E-state index is 0.186. The van der Waals surface area contributed by atoms with Gasteiger partial charge in [0.25, 0.3) is 0 Å². The Bertz CT molecular complexity index is 653. The lowest BCUT2D eigenvalue weighted by Crippen LogP contribution is -2.05. The van der Waals surface area contributed by atoms with Crippen molar-refractivity contribution in [3.05, 3.63) is 44.1 Å². The van der Waals surface area contributed by atoms with Crippen LogP contribution in [0.15, 0.2) is 28.1 Å². The highest BCUT2D eigenvalue weighted by Crippen LogP contribution is 2.38. The third-order valence-corrected chi connectivity index (χ3v) is 5.34. The fourth-order valence-corrected chi connectivity index (χ4v) is 4.14.